The van der Waals surface area contributed by atoms with Gasteiger partial charge in [0.15, 0.2) is 0 Å². The van der Waals surface area contributed by atoms with Gasteiger partial charge in [-0.1, -0.05) is 6.58 Å². The van der Waals surface area contributed by atoms with Gasteiger partial charge in [-0.05, 0) is 38.7 Å². The van der Waals surface area contributed by atoms with Crippen molar-refractivity contribution in [3.05, 3.63) is 42.1 Å². The number of likely N-dealkylation sites (N-methyl/N-ethyl adjacent to an activating group) is 1. The summed E-state index contributed by atoms with van der Waals surface area (Å²) >= 11 is 0. The van der Waals surface area contributed by atoms with E-state index in [2.05, 4.69) is 16.4 Å². The number of carbonyl (C=O) groups excluding carboxylic acids is 1. The summed E-state index contributed by atoms with van der Waals surface area (Å²) in [5.41, 5.74) is 2.82. The van der Waals surface area contributed by atoms with Crippen LogP contribution in [0.3, 0.4) is 0 Å². The Morgan fingerprint density at radius 1 is 1.17 bits per heavy atom. The second-order valence-electron chi connectivity index (χ2n) is 8.95. The number of hydrogen-bond donors (Lipinski definition) is 1. The van der Waals surface area contributed by atoms with Crippen molar-refractivity contribution in [1.82, 2.24) is 19.8 Å². The van der Waals surface area contributed by atoms with Gasteiger partial charge in [0.25, 0.3) is 0 Å². The van der Waals surface area contributed by atoms with Crippen LogP contribution in [-0.2, 0) is 17.8 Å². The molecule has 0 saturated carbocycles. The number of methoxy groups -OCH3 is 1. The fourth-order valence-corrected chi connectivity index (χ4v) is 4.43. The molecule has 0 atom stereocenters. The maximum absolute atomic E-state index is 12.0. The topological polar surface area (TPSA) is 94.5 Å². The van der Waals surface area contributed by atoms with Crippen LogP contribution >= 0.6 is 0 Å². The Hall–Kier alpha value is -3.53. The Balaban J connectivity index is 1.62. The molecule has 4 rings (SSSR count). The van der Waals surface area contributed by atoms with E-state index in [0.717, 1.165) is 42.3 Å². The first-order valence-electron chi connectivity index (χ1n) is 11.8. The summed E-state index contributed by atoms with van der Waals surface area (Å²) in [6.07, 6.45) is 2.11. The van der Waals surface area contributed by atoms with E-state index in [-0.39, 0.29) is 11.7 Å². The summed E-state index contributed by atoms with van der Waals surface area (Å²) in [5.74, 6) is 1.72. The number of phenolic OH excluding ortho intramolecular Hbond substituents is 1. The number of benzene rings is 1. The fraction of sp³-hybridized carbons (Fsp3) is 0.480. The van der Waals surface area contributed by atoms with E-state index in [0.29, 0.717) is 51.1 Å². The van der Waals surface area contributed by atoms with Crippen molar-refractivity contribution >= 4 is 17.4 Å². The van der Waals surface area contributed by atoms with E-state index in [1.165, 1.54) is 6.08 Å². The van der Waals surface area contributed by atoms with Gasteiger partial charge in [-0.3, -0.25) is 4.79 Å². The zero-order chi connectivity index (χ0) is 24.9. The molecule has 188 valence electrons. The third-order valence-electron chi connectivity index (χ3n) is 6.36. The van der Waals surface area contributed by atoms with Crippen molar-refractivity contribution in [3.8, 4) is 17.5 Å². The molecule has 0 unspecified atom stereocenters. The highest BCUT2D eigenvalue weighted by Gasteiger charge is 2.29. The summed E-state index contributed by atoms with van der Waals surface area (Å²) in [5, 5.41) is 10.1. The first-order chi connectivity index (χ1) is 16.9. The minimum Gasteiger partial charge on any atom is -0.508 e. The number of anilines is 2. The molecule has 1 aromatic heterocycles. The van der Waals surface area contributed by atoms with Crippen molar-refractivity contribution in [2.75, 3.05) is 76.9 Å². The van der Waals surface area contributed by atoms with Crippen molar-refractivity contribution in [2.24, 2.45) is 0 Å². The first kappa shape index (κ1) is 24.6. The molecular formula is C25H34N6O4. The maximum atomic E-state index is 12.0. The van der Waals surface area contributed by atoms with Crippen molar-refractivity contribution in [2.45, 2.75) is 13.0 Å². The third-order valence-corrected chi connectivity index (χ3v) is 6.36. The van der Waals surface area contributed by atoms with Gasteiger partial charge in [-0.25, -0.2) is 0 Å². The molecular weight excluding hydrogens is 448 g/mol. The molecule has 2 aliphatic rings. The van der Waals surface area contributed by atoms with Crippen molar-refractivity contribution < 1.29 is 19.4 Å². The highest BCUT2D eigenvalue weighted by Crippen LogP contribution is 2.36. The average molecular weight is 483 g/mol. The van der Waals surface area contributed by atoms with Gasteiger partial charge in [-0.2, -0.15) is 9.97 Å². The van der Waals surface area contributed by atoms with E-state index in [9.17, 15) is 9.90 Å². The number of phenols is 1. The summed E-state index contributed by atoms with van der Waals surface area (Å²) in [6, 6.07) is 5.46. The Bertz CT molecular complexity index is 1070. The van der Waals surface area contributed by atoms with Crippen LogP contribution in [0.1, 0.15) is 11.3 Å². The average Bonchev–Trinajstić information content (AvgIpc) is 2.87. The van der Waals surface area contributed by atoms with Gasteiger partial charge < -0.3 is 34.2 Å². The van der Waals surface area contributed by atoms with Gasteiger partial charge >= 0.3 is 6.01 Å². The number of amides is 1. The molecule has 1 amide bonds. The molecule has 10 heteroatoms. The van der Waals surface area contributed by atoms with Gasteiger partial charge in [0.1, 0.15) is 23.9 Å². The first-order valence-corrected chi connectivity index (χ1v) is 11.8. The van der Waals surface area contributed by atoms with Crippen molar-refractivity contribution in [1.29, 1.82) is 0 Å². The molecule has 2 aromatic rings. The van der Waals surface area contributed by atoms with E-state index in [1.54, 1.807) is 25.3 Å². The Labute approximate surface area is 206 Å². The Morgan fingerprint density at radius 2 is 1.94 bits per heavy atom. The second-order valence-corrected chi connectivity index (χ2v) is 8.95. The Morgan fingerprint density at radius 3 is 2.63 bits per heavy atom. The molecule has 1 N–H and O–H groups in total. The number of carbonyl (C=O) groups is 1. The lowest BCUT2D eigenvalue weighted by Crippen LogP contribution is -2.49. The number of aromatic nitrogens is 2. The molecule has 0 radical (unpaired) electrons. The minimum atomic E-state index is -0.0437. The summed E-state index contributed by atoms with van der Waals surface area (Å²) in [6.45, 7) is 8.72. The molecule has 10 nitrogen and oxygen atoms in total. The van der Waals surface area contributed by atoms with Crippen LogP contribution in [0.25, 0.3) is 0 Å². The lowest BCUT2D eigenvalue weighted by atomic mass is 10.0. The molecule has 0 bridgehead atoms. The highest BCUT2D eigenvalue weighted by atomic mass is 16.5. The predicted octanol–water partition coefficient (Wildman–Crippen LogP) is 1.53. The largest absolute Gasteiger partial charge is 0.508 e. The monoisotopic (exact) mass is 482 g/mol. The van der Waals surface area contributed by atoms with Gasteiger partial charge in [0, 0.05) is 50.9 Å². The summed E-state index contributed by atoms with van der Waals surface area (Å²) in [4.78, 5) is 29.8. The number of nitrogens with zero attached hydrogens (tertiary/aromatic N) is 6. The molecule has 3 heterocycles. The minimum absolute atomic E-state index is 0.0437. The fourth-order valence-electron chi connectivity index (χ4n) is 4.43. The van der Waals surface area contributed by atoms with Crippen LogP contribution in [-0.4, -0.2) is 97.9 Å². The van der Waals surface area contributed by atoms with Gasteiger partial charge in [0.2, 0.25) is 5.91 Å². The smallest absolute Gasteiger partial charge is 0.318 e. The standard InChI is InChI=1S/C25H34N6O4/c1-5-23(33)29-10-12-30(13-11-29)24-19-8-9-31(21-16-18(32)6-7-22(21)34-4)17-20(19)26-25(27-24)35-15-14-28(2)3/h5-7,16,32H,1,8-15,17H2,2-4H3. The maximum Gasteiger partial charge on any atom is 0.318 e. The van der Waals surface area contributed by atoms with E-state index in [4.69, 9.17) is 19.4 Å². The Kier molecular flexibility index (Phi) is 7.60. The molecule has 2 aliphatic heterocycles. The highest BCUT2D eigenvalue weighted by molar-refractivity contribution is 5.87. The summed E-state index contributed by atoms with van der Waals surface area (Å²) < 4.78 is 11.5. The summed E-state index contributed by atoms with van der Waals surface area (Å²) in [7, 11) is 5.61. The lowest BCUT2D eigenvalue weighted by molar-refractivity contribution is -0.126. The molecule has 1 fully saturated rings. The molecule has 0 aliphatic carbocycles. The van der Waals surface area contributed by atoms with Crippen molar-refractivity contribution in [3.63, 3.8) is 0 Å². The number of hydrogen-bond acceptors (Lipinski definition) is 9. The van der Waals surface area contributed by atoms with Crippen LogP contribution in [0.5, 0.6) is 17.5 Å². The SMILES string of the molecule is C=CC(=O)N1CCN(c2nc(OCCN(C)C)nc3c2CCN(c2cc(O)ccc2OC)C3)CC1. The van der Waals surface area contributed by atoms with E-state index < -0.39 is 0 Å². The molecule has 1 aromatic carbocycles. The number of aromatic hydroxyl groups is 1. The van der Waals surface area contributed by atoms with Gasteiger partial charge in [0.05, 0.1) is 25.0 Å². The van der Waals surface area contributed by atoms with E-state index in [1.807, 2.05) is 23.9 Å². The normalized spacial score (nSPS) is 15.7. The number of piperazine rings is 1. The van der Waals surface area contributed by atoms with Gasteiger partial charge in [-0.15, -0.1) is 0 Å². The number of ether oxygens (including phenoxy) is 2. The van der Waals surface area contributed by atoms with E-state index >= 15 is 0 Å². The van der Waals surface area contributed by atoms with Crippen LogP contribution in [0.2, 0.25) is 0 Å². The molecule has 35 heavy (non-hydrogen) atoms. The molecule has 1 saturated heterocycles. The lowest BCUT2D eigenvalue weighted by Gasteiger charge is -2.38. The van der Waals surface area contributed by atoms with Crippen LogP contribution in [0, 0.1) is 0 Å². The number of rotatable bonds is 8. The second kappa shape index (κ2) is 10.8. The molecule has 0 spiro atoms. The zero-order valence-corrected chi connectivity index (χ0v) is 20.7. The zero-order valence-electron chi connectivity index (χ0n) is 20.7. The predicted molar refractivity (Wildman–Crippen MR) is 134 cm³/mol. The van der Waals surface area contributed by atoms with Crippen LogP contribution in [0.4, 0.5) is 11.5 Å². The quantitative estimate of drug-likeness (QED) is 0.562. The van der Waals surface area contributed by atoms with Crippen LogP contribution < -0.4 is 19.3 Å². The number of fused-ring (bicyclic) bond motifs is 1. The van der Waals surface area contributed by atoms with Crippen LogP contribution in [0.15, 0.2) is 30.9 Å². The third kappa shape index (κ3) is 5.59.